The molecule has 90 valence electrons. The van der Waals surface area contributed by atoms with Gasteiger partial charge in [0.2, 0.25) is 0 Å². The Balaban J connectivity index is 2.58. The molecule has 2 N–H and O–H groups in total. The molecule has 0 aliphatic rings. The van der Waals surface area contributed by atoms with E-state index in [2.05, 4.69) is 31.2 Å². The molecule has 2 nitrogen and oxygen atoms in total. The van der Waals surface area contributed by atoms with Crippen molar-refractivity contribution in [3.63, 3.8) is 0 Å². The Morgan fingerprint density at radius 3 is 2.47 bits per heavy atom. The van der Waals surface area contributed by atoms with Crippen molar-refractivity contribution < 1.29 is 4.74 Å². The number of ether oxygens (including phenoxy) is 1. The fraction of sp³-hybridized carbons (Fsp3) is 0.333. The van der Waals surface area contributed by atoms with Gasteiger partial charge in [-0.05, 0) is 35.9 Å². The average Bonchev–Trinajstić information content (AvgIpc) is 2.37. The summed E-state index contributed by atoms with van der Waals surface area (Å²) in [6.07, 6.45) is 1.01. The zero-order chi connectivity index (χ0) is 12.3. The van der Waals surface area contributed by atoms with Crippen LogP contribution >= 0.6 is 0 Å². The quantitative estimate of drug-likeness (QED) is 0.873. The van der Waals surface area contributed by atoms with E-state index < -0.39 is 0 Å². The van der Waals surface area contributed by atoms with Crippen LogP contribution in [0.2, 0.25) is 0 Å². The Kier molecular flexibility index (Phi) is 3.64. The molecule has 0 saturated carbocycles. The van der Waals surface area contributed by atoms with Crippen molar-refractivity contribution in [1.29, 1.82) is 0 Å². The summed E-state index contributed by atoms with van der Waals surface area (Å²) in [5.41, 5.74) is 7.00. The van der Waals surface area contributed by atoms with E-state index in [1.165, 1.54) is 16.3 Å². The van der Waals surface area contributed by atoms with Gasteiger partial charge >= 0.3 is 0 Å². The van der Waals surface area contributed by atoms with E-state index in [-0.39, 0.29) is 0 Å². The van der Waals surface area contributed by atoms with Gasteiger partial charge in [0.05, 0.1) is 7.11 Å². The van der Waals surface area contributed by atoms with Crippen LogP contribution < -0.4 is 10.5 Å². The molecule has 0 amide bonds. The summed E-state index contributed by atoms with van der Waals surface area (Å²) in [5.74, 6) is 1.42. The number of hydrogen-bond acceptors (Lipinski definition) is 2. The maximum absolute atomic E-state index is 5.64. The lowest BCUT2D eigenvalue weighted by Gasteiger charge is -2.15. The van der Waals surface area contributed by atoms with Crippen molar-refractivity contribution in [2.75, 3.05) is 13.7 Å². The summed E-state index contributed by atoms with van der Waals surface area (Å²) in [6.45, 7) is 2.95. The lowest BCUT2D eigenvalue weighted by atomic mass is 9.92. The molecule has 2 heteroatoms. The summed E-state index contributed by atoms with van der Waals surface area (Å²) in [5, 5.41) is 2.45. The van der Waals surface area contributed by atoms with Crippen LogP contribution in [-0.2, 0) is 0 Å². The van der Waals surface area contributed by atoms with Gasteiger partial charge in [-0.3, -0.25) is 0 Å². The van der Waals surface area contributed by atoms with Crippen molar-refractivity contribution in [2.45, 2.75) is 19.3 Å². The molecule has 0 heterocycles. The summed E-state index contributed by atoms with van der Waals surface area (Å²) in [7, 11) is 1.71. The summed E-state index contributed by atoms with van der Waals surface area (Å²) in [4.78, 5) is 0. The van der Waals surface area contributed by atoms with E-state index in [1.54, 1.807) is 7.11 Å². The highest BCUT2D eigenvalue weighted by Crippen LogP contribution is 2.33. The van der Waals surface area contributed by atoms with Gasteiger partial charge in [0, 0.05) is 5.39 Å². The Labute approximate surface area is 102 Å². The first kappa shape index (κ1) is 11.9. The van der Waals surface area contributed by atoms with Crippen molar-refractivity contribution >= 4 is 10.8 Å². The summed E-state index contributed by atoms with van der Waals surface area (Å²) >= 11 is 0. The molecule has 0 aliphatic heterocycles. The number of nitrogens with two attached hydrogens (primary N) is 1. The van der Waals surface area contributed by atoms with Crippen LogP contribution in [0.15, 0.2) is 36.4 Å². The van der Waals surface area contributed by atoms with E-state index in [1.807, 2.05) is 12.1 Å². The Hall–Kier alpha value is -1.54. The molecule has 0 radical (unpaired) electrons. The second kappa shape index (κ2) is 5.19. The van der Waals surface area contributed by atoms with Crippen molar-refractivity contribution in [1.82, 2.24) is 0 Å². The van der Waals surface area contributed by atoms with E-state index in [9.17, 15) is 0 Å². The van der Waals surface area contributed by atoms with E-state index >= 15 is 0 Å². The van der Waals surface area contributed by atoms with Crippen LogP contribution in [0.25, 0.3) is 10.8 Å². The molecule has 2 aromatic rings. The minimum absolute atomic E-state index is 0.482. The smallest absolute Gasteiger partial charge is 0.126 e. The van der Waals surface area contributed by atoms with Crippen LogP contribution in [0.4, 0.5) is 0 Å². The number of benzene rings is 2. The molecule has 0 saturated heterocycles. The van der Waals surface area contributed by atoms with Crippen LogP contribution in [0.1, 0.15) is 24.8 Å². The maximum Gasteiger partial charge on any atom is 0.126 e. The molecule has 0 spiro atoms. The summed E-state index contributed by atoms with van der Waals surface area (Å²) < 4.78 is 5.40. The standard InChI is InChI=1S/C15H19NO/c1-11(9-10-16)12-7-8-15(17-2)14-6-4-3-5-13(12)14/h3-8,11H,9-10,16H2,1-2H3. The minimum Gasteiger partial charge on any atom is -0.496 e. The van der Waals surface area contributed by atoms with Crippen molar-refractivity contribution in [3.8, 4) is 5.75 Å². The lowest BCUT2D eigenvalue weighted by Crippen LogP contribution is -2.05. The number of methoxy groups -OCH3 is 1. The largest absolute Gasteiger partial charge is 0.496 e. The van der Waals surface area contributed by atoms with Crippen molar-refractivity contribution in [3.05, 3.63) is 42.0 Å². The van der Waals surface area contributed by atoms with E-state index in [0.717, 1.165) is 18.7 Å². The normalized spacial score (nSPS) is 12.6. The van der Waals surface area contributed by atoms with E-state index in [4.69, 9.17) is 10.5 Å². The fourth-order valence-electron chi connectivity index (χ4n) is 2.31. The van der Waals surface area contributed by atoms with Crippen LogP contribution in [0, 0.1) is 0 Å². The molecule has 0 aromatic heterocycles. The predicted molar refractivity (Wildman–Crippen MR) is 72.6 cm³/mol. The highest BCUT2D eigenvalue weighted by molar-refractivity contribution is 5.91. The van der Waals surface area contributed by atoms with Gasteiger partial charge in [-0.1, -0.05) is 37.3 Å². The van der Waals surface area contributed by atoms with Gasteiger partial charge in [-0.2, -0.15) is 0 Å². The van der Waals surface area contributed by atoms with Gasteiger partial charge < -0.3 is 10.5 Å². The van der Waals surface area contributed by atoms with Crippen LogP contribution in [0.3, 0.4) is 0 Å². The lowest BCUT2D eigenvalue weighted by molar-refractivity contribution is 0.419. The number of hydrogen-bond donors (Lipinski definition) is 1. The third-order valence-electron chi connectivity index (χ3n) is 3.27. The SMILES string of the molecule is COc1ccc(C(C)CCN)c2ccccc12. The highest BCUT2D eigenvalue weighted by Gasteiger charge is 2.11. The highest BCUT2D eigenvalue weighted by atomic mass is 16.5. The molecule has 0 fully saturated rings. The molecular weight excluding hydrogens is 210 g/mol. The van der Waals surface area contributed by atoms with Gasteiger partial charge in [0.15, 0.2) is 0 Å². The fourth-order valence-corrected chi connectivity index (χ4v) is 2.31. The summed E-state index contributed by atoms with van der Waals surface area (Å²) in [6, 6.07) is 12.6. The molecule has 1 unspecified atom stereocenters. The topological polar surface area (TPSA) is 35.2 Å². The van der Waals surface area contributed by atoms with Crippen molar-refractivity contribution in [2.24, 2.45) is 5.73 Å². The second-order valence-electron chi connectivity index (χ2n) is 4.38. The molecule has 1 atom stereocenters. The zero-order valence-corrected chi connectivity index (χ0v) is 10.4. The third kappa shape index (κ3) is 2.27. The Bertz CT molecular complexity index is 507. The number of rotatable bonds is 4. The molecule has 2 rings (SSSR count). The van der Waals surface area contributed by atoms with Gasteiger partial charge in [0.1, 0.15) is 5.75 Å². The monoisotopic (exact) mass is 229 g/mol. The minimum atomic E-state index is 0.482. The van der Waals surface area contributed by atoms with Gasteiger partial charge in [0.25, 0.3) is 0 Å². The van der Waals surface area contributed by atoms with E-state index in [0.29, 0.717) is 5.92 Å². The van der Waals surface area contributed by atoms with Gasteiger partial charge in [-0.15, -0.1) is 0 Å². The molecule has 0 aliphatic carbocycles. The first-order valence-corrected chi connectivity index (χ1v) is 6.03. The first-order valence-electron chi connectivity index (χ1n) is 6.03. The molecule has 2 aromatic carbocycles. The molecular formula is C15H19NO. The molecule has 17 heavy (non-hydrogen) atoms. The van der Waals surface area contributed by atoms with Crippen LogP contribution in [-0.4, -0.2) is 13.7 Å². The second-order valence-corrected chi connectivity index (χ2v) is 4.38. The number of fused-ring (bicyclic) bond motifs is 1. The first-order chi connectivity index (χ1) is 8.27. The Morgan fingerprint density at radius 1 is 1.12 bits per heavy atom. The molecule has 0 bridgehead atoms. The maximum atomic E-state index is 5.64. The van der Waals surface area contributed by atoms with Gasteiger partial charge in [-0.25, -0.2) is 0 Å². The Morgan fingerprint density at radius 2 is 1.82 bits per heavy atom. The predicted octanol–water partition coefficient (Wildman–Crippen LogP) is 3.30. The zero-order valence-electron chi connectivity index (χ0n) is 10.4. The third-order valence-corrected chi connectivity index (χ3v) is 3.27. The average molecular weight is 229 g/mol. The van der Waals surface area contributed by atoms with Crippen LogP contribution in [0.5, 0.6) is 5.75 Å².